The molecular formula is C19H18ClF2N3. The summed E-state index contributed by atoms with van der Waals surface area (Å²) in [5.74, 6) is -1.03. The average molecular weight is 362 g/mol. The Morgan fingerprint density at radius 1 is 1.08 bits per heavy atom. The van der Waals surface area contributed by atoms with Gasteiger partial charge >= 0.3 is 0 Å². The lowest BCUT2D eigenvalue weighted by atomic mass is 10.1. The lowest BCUT2D eigenvalue weighted by Crippen LogP contribution is -2.29. The molecule has 1 aromatic carbocycles. The summed E-state index contributed by atoms with van der Waals surface area (Å²) < 4.78 is 29.1. The van der Waals surface area contributed by atoms with Crippen molar-refractivity contribution in [3.8, 4) is 11.3 Å². The summed E-state index contributed by atoms with van der Waals surface area (Å²) in [6, 6.07) is 6.20. The van der Waals surface area contributed by atoms with Gasteiger partial charge in [0.25, 0.3) is 0 Å². The number of benzene rings is 1. The van der Waals surface area contributed by atoms with Gasteiger partial charge in [0.2, 0.25) is 0 Å². The first-order chi connectivity index (χ1) is 12.1. The molecule has 1 aliphatic heterocycles. The summed E-state index contributed by atoms with van der Waals surface area (Å²) in [5, 5.41) is 1.28. The second-order valence-electron chi connectivity index (χ2n) is 6.49. The largest absolute Gasteiger partial charge is 0.339 e. The quantitative estimate of drug-likeness (QED) is 0.699. The highest BCUT2D eigenvalue weighted by molar-refractivity contribution is 6.35. The van der Waals surface area contributed by atoms with Gasteiger partial charge in [0.05, 0.1) is 5.02 Å². The summed E-state index contributed by atoms with van der Waals surface area (Å²) in [6.07, 6.45) is 4.96. The van der Waals surface area contributed by atoms with Crippen molar-refractivity contribution in [3.05, 3.63) is 52.7 Å². The summed E-state index contributed by atoms with van der Waals surface area (Å²) in [4.78, 5) is 9.37. The molecule has 0 unspecified atom stereocenters. The molecule has 3 heterocycles. The lowest BCUT2D eigenvalue weighted by molar-refractivity contribution is 0.215. The minimum atomic E-state index is -0.515. The highest BCUT2D eigenvalue weighted by Gasteiger charge is 2.18. The molecule has 1 aliphatic rings. The van der Waals surface area contributed by atoms with E-state index in [1.165, 1.54) is 18.6 Å². The van der Waals surface area contributed by atoms with Crippen LogP contribution in [0.4, 0.5) is 8.78 Å². The first-order valence-corrected chi connectivity index (χ1v) is 8.83. The first kappa shape index (κ1) is 16.5. The molecule has 3 nitrogen and oxygen atoms in total. The Morgan fingerprint density at radius 3 is 2.48 bits per heavy atom. The molecular weight excluding hydrogens is 344 g/mol. The molecule has 0 amide bonds. The Kier molecular flexibility index (Phi) is 4.44. The van der Waals surface area contributed by atoms with E-state index < -0.39 is 11.6 Å². The minimum absolute atomic E-state index is 0.137. The normalized spacial score (nSPS) is 15.8. The van der Waals surface area contributed by atoms with E-state index in [9.17, 15) is 8.78 Å². The van der Waals surface area contributed by atoms with E-state index in [0.29, 0.717) is 28.5 Å². The van der Waals surface area contributed by atoms with Crippen LogP contribution in [0, 0.1) is 11.6 Å². The van der Waals surface area contributed by atoms with Crippen molar-refractivity contribution in [3.63, 3.8) is 0 Å². The van der Waals surface area contributed by atoms with Gasteiger partial charge in [-0.05, 0) is 50.2 Å². The van der Waals surface area contributed by atoms with Crippen LogP contribution in [0.15, 0.2) is 30.5 Å². The standard InChI is InChI=1S/C19H18ClF2N3/c20-15-4-5-23-19-13(15)10-18(24-19)12-8-16(21)14(17(22)9-12)11-25-6-2-1-3-7-25/h4-5,8-10H,1-3,6-7,11H2,(H,23,24). The summed E-state index contributed by atoms with van der Waals surface area (Å²) in [7, 11) is 0. The zero-order valence-corrected chi connectivity index (χ0v) is 14.4. The van der Waals surface area contributed by atoms with E-state index in [4.69, 9.17) is 11.6 Å². The minimum Gasteiger partial charge on any atom is -0.339 e. The SMILES string of the molecule is Fc1cc(-c2cc3c(Cl)ccnc3[nH]2)cc(F)c1CN1CCCCC1. The van der Waals surface area contributed by atoms with Crippen molar-refractivity contribution in [2.75, 3.05) is 13.1 Å². The van der Waals surface area contributed by atoms with Gasteiger partial charge in [0.1, 0.15) is 17.3 Å². The summed E-state index contributed by atoms with van der Waals surface area (Å²) >= 11 is 6.14. The van der Waals surface area contributed by atoms with E-state index in [2.05, 4.69) is 14.9 Å². The van der Waals surface area contributed by atoms with Gasteiger partial charge in [-0.25, -0.2) is 13.8 Å². The molecule has 0 saturated carbocycles. The maximum atomic E-state index is 14.6. The third-order valence-electron chi connectivity index (χ3n) is 4.76. The number of piperidine rings is 1. The Bertz CT molecular complexity index is 893. The number of halogens is 3. The number of hydrogen-bond acceptors (Lipinski definition) is 2. The molecule has 1 saturated heterocycles. The molecule has 0 spiro atoms. The van der Waals surface area contributed by atoms with Crippen molar-refractivity contribution in [2.45, 2.75) is 25.8 Å². The highest BCUT2D eigenvalue weighted by atomic mass is 35.5. The predicted molar refractivity (Wildman–Crippen MR) is 95.6 cm³/mol. The zero-order chi connectivity index (χ0) is 17.4. The van der Waals surface area contributed by atoms with E-state index in [-0.39, 0.29) is 5.56 Å². The fraction of sp³-hybridized carbons (Fsp3) is 0.316. The molecule has 2 aromatic heterocycles. The van der Waals surface area contributed by atoms with Crippen LogP contribution >= 0.6 is 11.6 Å². The number of rotatable bonds is 3. The molecule has 0 bridgehead atoms. The molecule has 6 heteroatoms. The van der Waals surface area contributed by atoms with Gasteiger partial charge in [-0.3, -0.25) is 4.90 Å². The van der Waals surface area contributed by atoms with E-state index >= 15 is 0 Å². The van der Waals surface area contributed by atoms with E-state index in [1.54, 1.807) is 18.3 Å². The van der Waals surface area contributed by atoms with E-state index in [0.717, 1.165) is 31.3 Å². The molecule has 3 aromatic rings. The second kappa shape index (κ2) is 6.73. The highest BCUT2D eigenvalue weighted by Crippen LogP contribution is 2.30. The average Bonchev–Trinajstić information content (AvgIpc) is 3.05. The van der Waals surface area contributed by atoms with Gasteiger partial charge in [-0.2, -0.15) is 0 Å². The number of nitrogens with one attached hydrogen (secondary N) is 1. The van der Waals surface area contributed by atoms with Gasteiger partial charge in [-0.1, -0.05) is 18.0 Å². The molecule has 130 valence electrons. The van der Waals surface area contributed by atoms with Crippen molar-refractivity contribution < 1.29 is 8.78 Å². The fourth-order valence-electron chi connectivity index (χ4n) is 3.40. The van der Waals surface area contributed by atoms with Crippen molar-refractivity contribution in [1.29, 1.82) is 0 Å². The molecule has 0 aliphatic carbocycles. The van der Waals surface area contributed by atoms with Crippen LogP contribution < -0.4 is 0 Å². The number of H-pyrrole nitrogens is 1. The first-order valence-electron chi connectivity index (χ1n) is 8.46. The number of likely N-dealkylation sites (tertiary alicyclic amines) is 1. The number of hydrogen-bond donors (Lipinski definition) is 1. The maximum Gasteiger partial charge on any atom is 0.139 e. The molecule has 0 atom stereocenters. The van der Waals surface area contributed by atoms with Gasteiger partial charge in [0.15, 0.2) is 0 Å². The van der Waals surface area contributed by atoms with Crippen LogP contribution in [0.1, 0.15) is 24.8 Å². The summed E-state index contributed by atoms with van der Waals surface area (Å²) in [6.45, 7) is 2.11. The Labute approximate surface area is 149 Å². The van der Waals surface area contributed by atoms with Gasteiger partial charge in [0, 0.05) is 34.9 Å². The third-order valence-corrected chi connectivity index (χ3v) is 5.09. The van der Waals surface area contributed by atoms with Gasteiger partial charge in [-0.15, -0.1) is 0 Å². The predicted octanol–water partition coefficient (Wildman–Crippen LogP) is 5.15. The van der Waals surface area contributed by atoms with Crippen LogP contribution in [-0.4, -0.2) is 28.0 Å². The number of fused-ring (bicyclic) bond motifs is 1. The zero-order valence-electron chi connectivity index (χ0n) is 13.7. The Morgan fingerprint density at radius 2 is 1.80 bits per heavy atom. The van der Waals surface area contributed by atoms with Crippen LogP contribution in [0.25, 0.3) is 22.3 Å². The van der Waals surface area contributed by atoms with Crippen LogP contribution in [-0.2, 0) is 6.54 Å². The van der Waals surface area contributed by atoms with Crippen molar-refractivity contribution >= 4 is 22.6 Å². The number of pyridine rings is 1. The monoisotopic (exact) mass is 361 g/mol. The Hall–Kier alpha value is -1.98. The van der Waals surface area contributed by atoms with Crippen LogP contribution in [0.3, 0.4) is 0 Å². The molecule has 25 heavy (non-hydrogen) atoms. The number of aromatic nitrogens is 2. The van der Waals surface area contributed by atoms with Crippen LogP contribution in [0.2, 0.25) is 5.02 Å². The van der Waals surface area contributed by atoms with Crippen LogP contribution in [0.5, 0.6) is 0 Å². The smallest absolute Gasteiger partial charge is 0.139 e. The third kappa shape index (κ3) is 3.26. The van der Waals surface area contributed by atoms with E-state index in [1.807, 2.05) is 0 Å². The molecule has 0 radical (unpaired) electrons. The Balaban J connectivity index is 1.67. The van der Waals surface area contributed by atoms with Crippen molar-refractivity contribution in [2.24, 2.45) is 0 Å². The molecule has 1 N–H and O–H groups in total. The summed E-state index contributed by atoms with van der Waals surface area (Å²) in [5.41, 5.74) is 1.78. The lowest BCUT2D eigenvalue weighted by Gasteiger charge is -2.26. The molecule has 1 fully saturated rings. The topological polar surface area (TPSA) is 31.9 Å². The number of aromatic amines is 1. The van der Waals surface area contributed by atoms with Gasteiger partial charge < -0.3 is 4.98 Å². The number of nitrogens with zero attached hydrogens (tertiary/aromatic N) is 2. The maximum absolute atomic E-state index is 14.6. The molecule has 4 rings (SSSR count). The second-order valence-corrected chi connectivity index (χ2v) is 6.90. The van der Waals surface area contributed by atoms with Crippen molar-refractivity contribution in [1.82, 2.24) is 14.9 Å². The fourth-order valence-corrected chi connectivity index (χ4v) is 3.60.